The maximum absolute atomic E-state index is 5.04. The first-order valence-corrected chi connectivity index (χ1v) is 6.68. The highest BCUT2D eigenvalue weighted by atomic mass is 16.5. The summed E-state index contributed by atoms with van der Waals surface area (Å²) in [7, 11) is 1.60. The fraction of sp³-hybridized carbons (Fsp3) is 0.125. The molecule has 0 aliphatic rings. The Bertz CT molecular complexity index is 692. The highest BCUT2D eigenvalue weighted by molar-refractivity contribution is 5.63. The van der Waals surface area contributed by atoms with Crippen LogP contribution in [0.1, 0.15) is 5.56 Å². The second-order valence-electron chi connectivity index (χ2n) is 4.58. The van der Waals surface area contributed by atoms with Crippen molar-refractivity contribution in [3.63, 3.8) is 0 Å². The molecule has 21 heavy (non-hydrogen) atoms. The topological polar surface area (TPSA) is 62.8 Å². The van der Waals surface area contributed by atoms with Gasteiger partial charge in [0.15, 0.2) is 0 Å². The third-order valence-electron chi connectivity index (χ3n) is 3.21. The molecule has 0 saturated heterocycles. The first-order valence-electron chi connectivity index (χ1n) is 6.68. The van der Waals surface area contributed by atoms with Gasteiger partial charge in [-0.2, -0.15) is 5.10 Å². The standard InChI is InChI=1S/C16H16N4O/c1-21-15-8-7-14(11-18-15)17-9-13-10-19-20-16(13)12-5-3-2-4-6-12/h2-8,10-11,17H,9H2,1H3,(H,19,20). The molecule has 0 aliphatic heterocycles. The molecule has 5 nitrogen and oxygen atoms in total. The number of pyridine rings is 1. The molecular weight excluding hydrogens is 264 g/mol. The average Bonchev–Trinajstić information content (AvgIpc) is 3.03. The molecule has 0 bridgehead atoms. The van der Waals surface area contributed by atoms with E-state index in [-0.39, 0.29) is 0 Å². The number of H-pyrrole nitrogens is 1. The van der Waals surface area contributed by atoms with Crippen LogP contribution in [0.5, 0.6) is 5.88 Å². The van der Waals surface area contributed by atoms with Crippen LogP contribution >= 0.6 is 0 Å². The van der Waals surface area contributed by atoms with Gasteiger partial charge in [0.25, 0.3) is 0 Å². The first-order chi connectivity index (χ1) is 10.4. The average molecular weight is 280 g/mol. The van der Waals surface area contributed by atoms with Gasteiger partial charge >= 0.3 is 0 Å². The lowest BCUT2D eigenvalue weighted by Crippen LogP contribution is -2.00. The molecule has 3 rings (SSSR count). The fourth-order valence-electron chi connectivity index (χ4n) is 2.10. The number of ether oxygens (including phenoxy) is 1. The minimum atomic E-state index is 0.605. The van der Waals surface area contributed by atoms with Gasteiger partial charge in [0.2, 0.25) is 5.88 Å². The van der Waals surface area contributed by atoms with Crippen molar-refractivity contribution in [3.8, 4) is 17.1 Å². The fourth-order valence-corrected chi connectivity index (χ4v) is 2.10. The molecule has 0 saturated carbocycles. The number of methoxy groups -OCH3 is 1. The van der Waals surface area contributed by atoms with Gasteiger partial charge in [0.1, 0.15) is 0 Å². The van der Waals surface area contributed by atoms with Gasteiger partial charge in [-0.3, -0.25) is 5.10 Å². The number of nitrogens with one attached hydrogen (secondary N) is 2. The van der Waals surface area contributed by atoms with E-state index in [9.17, 15) is 0 Å². The van der Waals surface area contributed by atoms with Gasteiger partial charge in [-0.05, 0) is 11.6 Å². The number of nitrogens with zero attached hydrogens (tertiary/aromatic N) is 2. The lowest BCUT2D eigenvalue weighted by molar-refractivity contribution is 0.398. The zero-order valence-electron chi connectivity index (χ0n) is 11.7. The van der Waals surface area contributed by atoms with Gasteiger partial charge < -0.3 is 10.1 Å². The minimum Gasteiger partial charge on any atom is -0.481 e. The molecule has 0 radical (unpaired) electrons. The van der Waals surface area contributed by atoms with Gasteiger partial charge in [0.05, 0.1) is 30.9 Å². The molecule has 2 heterocycles. The predicted molar refractivity (Wildman–Crippen MR) is 82.1 cm³/mol. The van der Waals surface area contributed by atoms with Gasteiger partial charge in [-0.1, -0.05) is 30.3 Å². The van der Waals surface area contributed by atoms with E-state index >= 15 is 0 Å². The minimum absolute atomic E-state index is 0.605. The number of anilines is 1. The van der Waals surface area contributed by atoms with Crippen molar-refractivity contribution in [3.05, 3.63) is 60.4 Å². The smallest absolute Gasteiger partial charge is 0.213 e. The van der Waals surface area contributed by atoms with Crippen LogP contribution in [-0.2, 0) is 6.54 Å². The van der Waals surface area contributed by atoms with E-state index in [2.05, 4.69) is 32.6 Å². The summed E-state index contributed by atoms with van der Waals surface area (Å²) in [5.41, 5.74) is 4.21. The Morgan fingerprint density at radius 3 is 2.67 bits per heavy atom. The summed E-state index contributed by atoms with van der Waals surface area (Å²) in [6.07, 6.45) is 3.59. The number of hydrogen-bond acceptors (Lipinski definition) is 4. The van der Waals surface area contributed by atoms with E-state index in [1.807, 2.05) is 36.5 Å². The van der Waals surface area contributed by atoms with Crippen LogP contribution in [0, 0.1) is 0 Å². The molecule has 0 unspecified atom stereocenters. The summed E-state index contributed by atoms with van der Waals surface area (Å²) in [4.78, 5) is 4.17. The number of aromatic amines is 1. The molecule has 2 aromatic heterocycles. The summed E-state index contributed by atoms with van der Waals surface area (Å²) in [5.74, 6) is 0.605. The summed E-state index contributed by atoms with van der Waals surface area (Å²) in [6.45, 7) is 0.675. The predicted octanol–water partition coefficient (Wildman–Crippen LogP) is 3.09. The molecule has 0 atom stereocenters. The van der Waals surface area contributed by atoms with E-state index in [1.165, 1.54) is 0 Å². The molecule has 1 aromatic carbocycles. The third-order valence-corrected chi connectivity index (χ3v) is 3.21. The maximum atomic E-state index is 5.04. The molecule has 0 fully saturated rings. The van der Waals surface area contributed by atoms with Crippen LogP contribution in [0.4, 0.5) is 5.69 Å². The Morgan fingerprint density at radius 2 is 1.95 bits per heavy atom. The largest absolute Gasteiger partial charge is 0.481 e. The summed E-state index contributed by atoms with van der Waals surface area (Å²) in [5, 5.41) is 10.5. The van der Waals surface area contributed by atoms with Crippen molar-refractivity contribution in [2.24, 2.45) is 0 Å². The van der Waals surface area contributed by atoms with E-state index < -0.39 is 0 Å². The van der Waals surface area contributed by atoms with Crippen molar-refractivity contribution in [1.29, 1.82) is 0 Å². The van der Waals surface area contributed by atoms with E-state index in [4.69, 9.17) is 4.74 Å². The molecular formula is C16H16N4O. The van der Waals surface area contributed by atoms with Crippen molar-refractivity contribution >= 4 is 5.69 Å². The molecule has 0 amide bonds. The Kier molecular flexibility index (Phi) is 3.82. The van der Waals surface area contributed by atoms with E-state index in [0.29, 0.717) is 12.4 Å². The zero-order valence-corrected chi connectivity index (χ0v) is 11.7. The number of hydrogen-bond donors (Lipinski definition) is 2. The lowest BCUT2D eigenvalue weighted by Gasteiger charge is -2.07. The summed E-state index contributed by atoms with van der Waals surface area (Å²) in [6, 6.07) is 13.9. The summed E-state index contributed by atoms with van der Waals surface area (Å²) >= 11 is 0. The normalized spacial score (nSPS) is 10.3. The molecule has 106 valence electrons. The van der Waals surface area contributed by atoms with Crippen LogP contribution in [-0.4, -0.2) is 22.3 Å². The number of benzene rings is 1. The van der Waals surface area contributed by atoms with Gasteiger partial charge in [0, 0.05) is 18.2 Å². The maximum Gasteiger partial charge on any atom is 0.213 e. The number of aromatic nitrogens is 3. The van der Waals surface area contributed by atoms with E-state index in [0.717, 1.165) is 22.5 Å². The van der Waals surface area contributed by atoms with Gasteiger partial charge in [-0.25, -0.2) is 4.98 Å². The first kappa shape index (κ1) is 13.2. The van der Waals surface area contributed by atoms with E-state index in [1.54, 1.807) is 13.3 Å². The molecule has 2 N–H and O–H groups in total. The molecule has 5 heteroatoms. The van der Waals surface area contributed by atoms with Crippen molar-refractivity contribution in [2.45, 2.75) is 6.54 Å². The SMILES string of the molecule is COc1ccc(NCc2cn[nH]c2-c2ccccc2)cn1. The molecule has 0 aliphatic carbocycles. The second kappa shape index (κ2) is 6.09. The van der Waals surface area contributed by atoms with Crippen LogP contribution in [0.15, 0.2) is 54.9 Å². The van der Waals surface area contributed by atoms with Gasteiger partial charge in [-0.15, -0.1) is 0 Å². The summed E-state index contributed by atoms with van der Waals surface area (Å²) < 4.78 is 5.04. The zero-order chi connectivity index (χ0) is 14.5. The highest BCUT2D eigenvalue weighted by Gasteiger charge is 2.07. The van der Waals surface area contributed by atoms with Crippen molar-refractivity contribution in [2.75, 3.05) is 12.4 Å². The Hall–Kier alpha value is -2.82. The molecule has 0 spiro atoms. The highest BCUT2D eigenvalue weighted by Crippen LogP contribution is 2.21. The van der Waals surface area contributed by atoms with Crippen molar-refractivity contribution < 1.29 is 4.74 Å². The Labute approximate surface area is 123 Å². The van der Waals surface area contributed by atoms with Crippen LogP contribution in [0.2, 0.25) is 0 Å². The Morgan fingerprint density at radius 1 is 1.10 bits per heavy atom. The third kappa shape index (κ3) is 3.02. The number of rotatable bonds is 5. The second-order valence-corrected chi connectivity index (χ2v) is 4.58. The quantitative estimate of drug-likeness (QED) is 0.754. The Balaban J connectivity index is 1.72. The van der Waals surface area contributed by atoms with Crippen LogP contribution in [0.25, 0.3) is 11.3 Å². The monoisotopic (exact) mass is 280 g/mol. The molecule has 3 aromatic rings. The lowest BCUT2D eigenvalue weighted by atomic mass is 10.1. The van der Waals surface area contributed by atoms with Crippen molar-refractivity contribution in [1.82, 2.24) is 15.2 Å². The van der Waals surface area contributed by atoms with Crippen LogP contribution in [0.3, 0.4) is 0 Å². The van der Waals surface area contributed by atoms with Crippen LogP contribution < -0.4 is 10.1 Å².